The van der Waals surface area contributed by atoms with E-state index in [1.54, 1.807) is 27.7 Å². The molecule has 16 atom stereocenters. The summed E-state index contributed by atoms with van der Waals surface area (Å²) in [4.78, 5) is 12.0. The molecule has 0 aromatic heterocycles. The maximum Gasteiger partial charge on any atom is 0.407 e. The molecule has 1 amide bonds. The highest BCUT2D eigenvalue weighted by Gasteiger charge is 2.55. The molecule has 16 unspecified atom stereocenters. The molecule has 3 fully saturated rings. The molecule has 258 valence electrons. The van der Waals surface area contributed by atoms with Crippen LogP contribution < -0.4 is 16.4 Å². The Labute approximate surface area is 257 Å². The second kappa shape index (κ2) is 15.6. The summed E-state index contributed by atoms with van der Waals surface area (Å²) in [6, 6.07) is -1.92. The number of nitrogens with two attached hydrogens (primary N) is 1. The fraction of sp³-hybridized carbons (Fsp3) is 0.964. The van der Waals surface area contributed by atoms with Crippen molar-refractivity contribution >= 4 is 6.09 Å². The number of rotatable bonds is 10. The van der Waals surface area contributed by atoms with E-state index in [1.807, 2.05) is 6.92 Å². The number of amides is 1. The quantitative estimate of drug-likeness (QED) is 0.110. The van der Waals surface area contributed by atoms with E-state index in [-0.39, 0.29) is 19.0 Å². The van der Waals surface area contributed by atoms with Gasteiger partial charge in [-0.25, -0.2) is 4.79 Å². The maximum absolute atomic E-state index is 12.0. The van der Waals surface area contributed by atoms with Crippen molar-refractivity contribution < 1.29 is 64.6 Å². The summed E-state index contributed by atoms with van der Waals surface area (Å²) >= 11 is 0. The van der Waals surface area contributed by atoms with Crippen molar-refractivity contribution in [3.8, 4) is 0 Å². The molecule has 3 aliphatic rings. The summed E-state index contributed by atoms with van der Waals surface area (Å²) in [6.07, 6.45) is -15.6. The lowest BCUT2D eigenvalue weighted by atomic mass is 9.69. The van der Waals surface area contributed by atoms with E-state index in [0.29, 0.717) is 12.8 Å². The van der Waals surface area contributed by atoms with E-state index >= 15 is 0 Å². The van der Waals surface area contributed by atoms with Crippen LogP contribution in [0.5, 0.6) is 0 Å². The number of aliphatic hydroxyl groups is 8. The number of carbonyl (C=O) groups excluding carboxylic acids is 1. The topological polar surface area (TPSA) is 266 Å². The van der Waals surface area contributed by atoms with Gasteiger partial charge in [0, 0.05) is 25.0 Å². The first kappa shape index (κ1) is 37.2. The molecule has 1 saturated carbocycles. The molecule has 44 heavy (non-hydrogen) atoms. The van der Waals surface area contributed by atoms with Crippen LogP contribution in [0, 0.1) is 11.8 Å². The predicted octanol–water partition coefficient (Wildman–Crippen LogP) is -3.74. The summed E-state index contributed by atoms with van der Waals surface area (Å²) in [5.41, 5.74) is 5.24. The van der Waals surface area contributed by atoms with Crippen LogP contribution in [0.1, 0.15) is 47.5 Å². The van der Waals surface area contributed by atoms with Gasteiger partial charge in [0.25, 0.3) is 0 Å². The van der Waals surface area contributed by atoms with E-state index in [9.17, 15) is 45.6 Å². The van der Waals surface area contributed by atoms with E-state index in [2.05, 4.69) is 10.6 Å². The van der Waals surface area contributed by atoms with E-state index in [1.165, 1.54) is 0 Å². The predicted molar refractivity (Wildman–Crippen MR) is 153 cm³/mol. The van der Waals surface area contributed by atoms with Crippen molar-refractivity contribution in [1.82, 2.24) is 10.6 Å². The average Bonchev–Trinajstić information content (AvgIpc) is 2.95. The molecule has 1 aliphatic carbocycles. The standard InChI is InChI=1S/C28H53N3O13/c1-6-14-19(35)22(38)23(39)25(41-14)16-11(2)7-13(30-8-12(33)9-31-27(40)44-28(3,4)5)24(20(16)36)43-26-21(37)17(29)18(34)15(10-32)42-26/h11-26,30,32-39H,6-10,29H2,1-5H3,(H,31,40). The van der Waals surface area contributed by atoms with Crippen LogP contribution in [0.15, 0.2) is 0 Å². The number of alkyl carbamates (subject to hydrolysis) is 1. The number of nitrogens with one attached hydrogen (secondary N) is 2. The third kappa shape index (κ3) is 8.76. The molecular weight excluding hydrogens is 586 g/mol. The first-order chi connectivity index (χ1) is 20.5. The Morgan fingerprint density at radius 3 is 2.20 bits per heavy atom. The number of ether oxygens (including phenoxy) is 4. The van der Waals surface area contributed by atoms with E-state index < -0.39 is 110 Å². The smallest absolute Gasteiger partial charge is 0.407 e. The molecule has 16 heteroatoms. The third-order valence-electron chi connectivity index (χ3n) is 8.67. The van der Waals surface area contributed by atoms with Gasteiger partial charge in [-0.05, 0) is 39.5 Å². The van der Waals surface area contributed by atoms with Crippen molar-refractivity contribution in [3.05, 3.63) is 0 Å². The van der Waals surface area contributed by atoms with Gasteiger partial charge in [0.05, 0.1) is 37.1 Å². The average molecular weight is 640 g/mol. The van der Waals surface area contributed by atoms with Crippen LogP contribution >= 0.6 is 0 Å². The van der Waals surface area contributed by atoms with Gasteiger partial charge in [0.15, 0.2) is 6.29 Å². The highest BCUT2D eigenvalue weighted by Crippen LogP contribution is 2.41. The van der Waals surface area contributed by atoms with Crippen LogP contribution in [0.4, 0.5) is 4.79 Å². The van der Waals surface area contributed by atoms with Crippen LogP contribution in [0.2, 0.25) is 0 Å². The summed E-state index contributed by atoms with van der Waals surface area (Å²) in [5, 5.41) is 90.4. The fourth-order valence-electron chi connectivity index (χ4n) is 6.27. The van der Waals surface area contributed by atoms with Crippen molar-refractivity contribution in [2.75, 3.05) is 19.7 Å². The van der Waals surface area contributed by atoms with Crippen LogP contribution in [-0.4, -0.2) is 158 Å². The molecule has 2 saturated heterocycles. The molecule has 0 radical (unpaired) electrons. The summed E-state index contributed by atoms with van der Waals surface area (Å²) in [6.45, 7) is 7.87. The zero-order valence-electron chi connectivity index (χ0n) is 26.0. The zero-order valence-corrected chi connectivity index (χ0v) is 26.0. The molecule has 0 spiro atoms. The molecule has 16 nitrogen and oxygen atoms in total. The lowest BCUT2D eigenvalue weighted by molar-refractivity contribution is -0.312. The van der Waals surface area contributed by atoms with Gasteiger partial charge < -0.3 is 76.2 Å². The van der Waals surface area contributed by atoms with Crippen molar-refractivity contribution in [3.63, 3.8) is 0 Å². The minimum Gasteiger partial charge on any atom is -0.444 e. The lowest BCUT2D eigenvalue weighted by Gasteiger charge is -2.52. The first-order valence-electron chi connectivity index (χ1n) is 15.3. The Hall–Kier alpha value is -1.25. The van der Waals surface area contributed by atoms with Gasteiger partial charge in [0.1, 0.15) is 48.3 Å². The van der Waals surface area contributed by atoms with Gasteiger partial charge in [-0.15, -0.1) is 0 Å². The van der Waals surface area contributed by atoms with Crippen molar-refractivity contribution in [2.45, 2.75) is 139 Å². The van der Waals surface area contributed by atoms with Gasteiger partial charge >= 0.3 is 6.09 Å². The van der Waals surface area contributed by atoms with Gasteiger partial charge in [-0.2, -0.15) is 0 Å². The molecule has 2 heterocycles. The SMILES string of the molecule is CCC1OC(C2C(C)CC(NCC(O)CNC(=O)OC(C)(C)C)C(OC3OC(CO)C(O)C(N)C3O)C2O)C(O)C(O)C1O. The summed E-state index contributed by atoms with van der Waals surface area (Å²) in [5.74, 6) is -1.18. The Bertz CT molecular complexity index is 909. The van der Waals surface area contributed by atoms with Gasteiger partial charge in [0.2, 0.25) is 0 Å². The van der Waals surface area contributed by atoms with Crippen molar-refractivity contribution in [2.24, 2.45) is 17.6 Å². The second-order valence-electron chi connectivity index (χ2n) is 13.2. The molecule has 0 aromatic carbocycles. The highest BCUT2D eigenvalue weighted by molar-refractivity contribution is 5.67. The van der Waals surface area contributed by atoms with Crippen LogP contribution in [0.25, 0.3) is 0 Å². The Balaban J connectivity index is 1.80. The highest BCUT2D eigenvalue weighted by atomic mass is 16.7. The van der Waals surface area contributed by atoms with E-state index in [0.717, 1.165) is 0 Å². The molecular formula is C28H53N3O13. The van der Waals surface area contributed by atoms with E-state index in [4.69, 9.17) is 24.7 Å². The number of aliphatic hydroxyl groups excluding tert-OH is 8. The molecule has 12 N–H and O–H groups in total. The monoisotopic (exact) mass is 639 g/mol. The van der Waals surface area contributed by atoms with Crippen molar-refractivity contribution in [1.29, 1.82) is 0 Å². The first-order valence-corrected chi connectivity index (χ1v) is 15.3. The summed E-state index contributed by atoms with van der Waals surface area (Å²) < 4.78 is 22.9. The number of carbonyl (C=O) groups is 1. The van der Waals surface area contributed by atoms with Crippen LogP contribution in [0.3, 0.4) is 0 Å². The Kier molecular flexibility index (Phi) is 13.2. The maximum atomic E-state index is 12.0. The zero-order chi connectivity index (χ0) is 33.1. The minimum absolute atomic E-state index is 0.0542. The molecule has 0 aromatic rings. The number of hydrogen-bond donors (Lipinski definition) is 11. The largest absolute Gasteiger partial charge is 0.444 e. The number of hydrogen-bond acceptors (Lipinski definition) is 15. The van der Waals surface area contributed by atoms with Crippen LogP contribution in [-0.2, 0) is 18.9 Å². The molecule has 3 rings (SSSR count). The fourth-order valence-corrected chi connectivity index (χ4v) is 6.27. The second-order valence-corrected chi connectivity index (χ2v) is 13.2. The Morgan fingerprint density at radius 1 is 0.955 bits per heavy atom. The summed E-state index contributed by atoms with van der Waals surface area (Å²) in [7, 11) is 0. The Morgan fingerprint density at radius 2 is 1.61 bits per heavy atom. The third-order valence-corrected chi connectivity index (χ3v) is 8.67. The molecule has 2 aliphatic heterocycles. The molecule has 0 bridgehead atoms. The lowest BCUT2D eigenvalue weighted by Crippen LogP contribution is -2.68. The minimum atomic E-state index is -1.54. The van der Waals surface area contributed by atoms with Gasteiger partial charge in [-0.1, -0.05) is 13.8 Å². The normalized spacial score (nSPS) is 44.2. The van der Waals surface area contributed by atoms with Gasteiger partial charge in [-0.3, -0.25) is 0 Å².